The second-order valence-electron chi connectivity index (χ2n) is 4.79. The average Bonchev–Trinajstić information content (AvgIpc) is 2.26. The van der Waals surface area contributed by atoms with E-state index in [1.54, 1.807) is 6.07 Å². The number of aryl methyl sites for hydroxylation is 1. The summed E-state index contributed by atoms with van der Waals surface area (Å²) in [6.45, 7) is 6.56. The van der Waals surface area contributed by atoms with Crippen molar-refractivity contribution in [3.05, 3.63) is 29.8 Å². The lowest BCUT2D eigenvalue weighted by Crippen LogP contribution is -2.30. The molecule has 1 rings (SSSR count). The maximum atomic E-state index is 11.6. The SMILES string of the molecule is Cc1cccc(NC(=O)CC(=O)NCC(C)C)c1. The molecular formula is C14H20N2O2. The van der Waals surface area contributed by atoms with Crippen molar-refractivity contribution >= 4 is 17.5 Å². The van der Waals surface area contributed by atoms with Crippen molar-refractivity contribution < 1.29 is 9.59 Å². The zero-order chi connectivity index (χ0) is 13.5. The molecule has 98 valence electrons. The fourth-order valence-electron chi connectivity index (χ4n) is 1.45. The molecule has 0 fully saturated rings. The molecule has 4 nitrogen and oxygen atoms in total. The van der Waals surface area contributed by atoms with Gasteiger partial charge in [0.25, 0.3) is 0 Å². The predicted octanol–water partition coefficient (Wildman–Crippen LogP) is 2.10. The molecule has 0 aromatic heterocycles. The number of amides is 2. The molecule has 0 bridgehead atoms. The molecule has 4 heteroatoms. The minimum atomic E-state index is -0.290. The van der Waals surface area contributed by atoms with Gasteiger partial charge in [0.15, 0.2) is 0 Å². The highest BCUT2D eigenvalue weighted by atomic mass is 16.2. The molecule has 0 heterocycles. The quantitative estimate of drug-likeness (QED) is 0.784. The van der Waals surface area contributed by atoms with Crippen molar-refractivity contribution in [1.82, 2.24) is 5.32 Å². The Morgan fingerprint density at radius 3 is 2.56 bits per heavy atom. The van der Waals surface area contributed by atoms with E-state index in [0.29, 0.717) is 12.5 Å². The summed E-state index contributed by atoms with van der Waals surface area (Å²) >= 11 is 0. The Labute approximate surface area is 108 Å². The standard InChI is InChI=1S/C14H20N2O2/c1-10(2)9-15-13(17)8-14(18)16-12-6-4-5-11(3)7-12/h4-7,10H,8-9H2,1-3H3,(H,15,17)(H,16,18). The van der Waals surface area contributed by atoms with E-state index in [1.807, 2.05) is 39.0 Å². The maximum Gasteiger partial charge on any atom is 0.233 e. The lowest BCUT2D eigenvalue weighted by Gasteiger charge is -2.08. The van der Waals surface area contributed by atoms with Crippen molar-refractivity contribution in [1.29, 1.82) is 0 Å². The van der Waals surface area contributed by atoms with Gasteiger partial charge < -0.3 is 10.6 Å². The van der Waals surface area contributed by atoms with E-state index in [2.05, 4.69) is 10.6 Å². The van der Waals surface area contributed by atoms with Crippen molar-refractivity contribution in [2.75, 3.05) is 11.9 Å². The van der Waals surface area contributed by atoms with Crippen LogP contribution in [0.5, 0.6) is 0 Å². The van der Waals surface area contributed by atoms with Crippen LogP contribution in [-0.2, 0) is 9.59 Å². The van der Waals surface area contributed by atoms with E-state index < -0.39 is 0 Å². The van der Waals surface area contributed by atoms with Gasteiger partial charge in [0.05, 0.1) is 0 Å². The summed E-state index contributed by atoms with van der Waals surface area (Å²) in [5.74, 6) is -0.149. The van der Waals surface area contributed by atoms with Gasteiger partial charge in [-0.15, -0.1) is 0 Å². The number of carbonyl (C=O) groups is 2. The summed E-state index contributed by atoms with van der Waals surface area (Å²) in [5.41, 5.74) is 1.79. The first-order valence-electron chi connectivity index (χ1n) is 6.10. The Morgan fingerprint density at radius 1 is 1.22 bits per heavy atom. The number of benzene rings is 1. The van der Waals surface area contributed by atoms with Crippen molar-refractivity contribution in [3.8, 4) is 0 Å². The normalized spacial score (nSPS) is 10.2. The van der Waals surface area contributed by atoms with E-state index in [1.165, 1.54) is 0 Å². The highest BCUT2D eigenvalue weighted by molar-refractivity contribution is 6.03. The molecule has 1 aromatic carbocycles. The Balaban J connectivity index is 2.40. The highest BCUT2D eigenvalue weighted by Crippen LogP contribution is 2.09. The molecule has 1 aromatic rings. The van der Waals surface area contributed by atoms with E-state index >= 15 is 0 Å². The fraction of sp³-hybridized carbons (Fsp3) is 0.429. The van der Waals surface area contributed by atoms with Gasteiger partial charge in [-0.1, -0.05) is 26.0 Å². The lowest BCUT2D eigenvalue weighted by molar-refractivity contribution is -0.126. The molecular weight excluding hydrogens is 228 g/mol. The second-order valence-corrected chi connectivity index (χ2v) is 4.79. The molecule has 0 saturated carbocycles. The summed E-state index contributed by atoms with van der Waals surface area (Å²) in [5, 5.41) is 5.41. The lowest BCUT2D eigenvalue weighted by atomic mass is 10.2. The Hall–Kier alpha value is -1.84. The number of nitrogens with one attached hydrogen (secondary N) is 2. The predicted molar refractivity (Wildman–Crippen MR) is 72.3 cm³/mol. The Bertz CT molecular complexity index is 428. The second kappa shape index (κ2) is 6.79. The number of hydrogen-bond donors (Lipinski definition) is 2. The molecule has 2 N–H and O–H groups in total. The van der Waals surface area contributed by atoms with Gasteiger partial charge in [-0.3, -0.25) is 9.59 Å². The zero-order valence-corrected chi connectivity index (χ0v) is 11.1. The van der Waals surface area contributed by atoms with E-state index in [4.69, 9.17) is 0 Å². The molecule has 0 saturated heterocycles. The van der Waals surface area contributed by atoms with Crippen molar-refractivity contribution in [2.45, 2.75) is 27.2 Å². The first kappa shape index (κ1) is 14.2. The molecule has 18 heavy (non-hydrogen) atoms. The summed E-state index contributed by atoms with van der Waals surface area (Å²) in [7, 11) is 0. The largest absolute Gasteiger partial charge is 0.355 e. The van der Waals surface area contributed by atoms with Crippen LogP contribution in [0.2, 0.25) is 0 Å². The van der Waals surface area contributed by atoms with Crippen LogP contribution >= 0.6 is 0 Å². The molecule has 0 unspecified atom stereocenters. The molecule has 0 atom stereocenters. The van der Waals surface area contributed by atoms with Gasteiger partial charge >= 0.3 is 0 Å². The molecule has 2 amide bonds. The smallest absolute Gasteiger partial charge is 0.233 e. The van der Waals surface area contributed by atoms with Gasteiger partial charge in [0.2, 0.25) is 11.8 Å². The Morgan fingerprint density at radius 2 is 1.94 bits per heavy atom. The van der Waals surface area contributed by atoms with Gasteiger partial charge in [0, 0.05) is 12.2 Å². The zero-order valence-electron chi connectivity index (χ0n) is 11.1. The number of carbonyl (C=O) groups excluding carboxylic acids is 2. The first-order chi connectivity index (χ1) is 8.47. The van der Waals surface area contributed by atoms with E-state index in [9.17, 15) is 9.59 Å². The van der Waals surface area contributed by atoms with Crippen LogP contribution < -0.4 is 10.6 Å². The van der Waals surface area contributed by atoms with Crippen LogP contribution in [0.1, 0.15) is 25.8 Å². The Kier molecular flexibility index (Phi) is 5.36. The maximum absolute atomic E-state index is 11.6. The topological polar surface area (TPSA) is 58.2 Å². The minimum Gasteiger partial charge on any atom is -0.355 e. The summed E-state index contributed by atoms with van der Waals surface area (Å²) in [4.78, 5) is 23.1. The third-order valence-electron chi connectivity index (χ3n) is 2.33. The molecule has 0 radical (unpaired) electrons. The van der Waals surface area contributed by atoms with Crippen LogP contribution in [0, 0.1) is 12.8 Å². The number of anilines is 1. The highest BCUT2D eigenvalue weighted by Gasteiger charge is 2.09. The summed E-state index contributed by atoms with van der Waals surface area (Å²) in [6.07, 6.45) is -0.138. The molecule has 0 aliphatic rings. The summed E-state index contributed by atoms with van der Waals surface area (Å²) in [6, 6.07) is 7.48. The third kappa shape index (κ3) is 5.48. The van der Waals surface area contributed by atoms with Crippen molar-refractivity contribution in [2.24, 2.45) is 5.92 Å². The van der Waals surface area contributed by atoms with Crippen LogP contribution in [0.25, 0.3) is 0 Å². The number of hydrogen-bond acceptors (Lipinski definition) is 2. The van der Waals surface area contributed by atoms with Crippen LogP contribution in [0.15, 0.2) is 24.3 Å². The van der Waals surface area contributed by atoms with Crippen LogP contribution in [0.3, 0.4) is 0 Å². The number of rotatable bonds is 5. The average molecular weight is 248 g/mol. The fourth-order valence-corrected chi connectivity index (χ4v) is 1.45. The van der Waals surface area contributed by atoms with Crippen LogP contribution in [-0.4, -0.2) is 18.4 Å². The first-order valence-corrected chi connectivity index (χ1v) is 6.10. The molecule has 0 spiro atoms. The van der Waals surface area contributed by atoms with Gasteiger partial charge in [-0.05, 0) is 30.5 Å². The van der Waals surface area contributed by atoms with E-state index in [-0.39, 0.29) is 18.2 Å². The van der Waals surface area contributed by atoms with Gasteiger partial charge in [0.1, 0.15) is 6.42 Å². The third-order valence-corrected chi connectivity index (χ3v) is 2.33. The van der Waals surface area contributed by atoms with E-state index in [0.717, 1.165) is 11.3 Å². The monoisotopic (exact) mass is 248 g/mol. The molecule has 0 aliphatic heterocycles. The summed E-state index contributed by atoms with van der Waals surface area (Å²) < 4.78 is 0. The molecule has 0 aliphatic carbocycles. The van der Waals surface area contributed by atoms with Crippen molar-refractivity contribution in [3.63, 3.8) is 0 Å². The van der Waals surface area contributed by atoms with Crippen LogP contribution in [0.4, 0.5) is 5.69 Å². The van der Waals surface area contributed by atoms with Gasteiger partial charge in [-0.25, -0.2) is 0 Å². The van der Waals surface area contributed by atoms with Gasteiger partial charge in [-0.2, -0.15) is 0 Å². The minimum absolute atomic E-state index is 0.138.